The lowest BCUT2D eigenvalue weighted by atomic mass is 9.96. The third-order valence-corrected chi connectivity index (χ3v) is 3.62. The molecule has 2 nitrogen and oxygen atoms in total. The first-order valence-corrected chi connectivity index (χ1v) is 6.00. The molecular formula is C13H15F2NO. The summed E-state index contributed by atoms with van der Waals surface area (Å²) < 4.78 is 32.9. The van der Waals surface area contributed by atoms with E-state index in [0.29, 0.717) is 36.3 Å². The van der Waals surface area contributed by atoms with Gasteiger partial charge in [-0.1, -0.05) is 0 Å². The molecule has 0 amide bonds. The van der Waals surface area contributed by atoms with E-state index in [0.717, 1.165) is 25.3 Å². The van der Waals surface area contributed by atoms with E-state index < -0.39 is 11.6 Å². The van der Waals surface area contributed by atoms with Crippen molar-refractivity contribution < 1.29 is 13.5 Å². The van der Waals surface area contributed by atoms with Crippen molar-refractivity contribution in [1.29, 1.82) is 0 Å². The maximum absolute atomic E-state index is 13.8. The molecule has 2 N–H and O–H groups in total. The van der Waals surface area contributed by atoms with E-state index in [1.807, 2.05) is 0 Å². The highest BCUT2D eigenvalue weighted by molar-refractivity contribution is 5.46. The Morgan fingerprint density at radius 2 is 2.06 bits per heavy atom. The fourth-order valence-corrected chi connectivity index (χ4v) is 2.37. The van der Waals surface area contributed by atoms with Crippen molar-refractivity contribution in [2.45, 2.75) is 37.6 Å². The van der Waals surface area contributed by atoms with Crippen molar-refractivity contribution in [1.82, 2.24) is 0 Å². The Labute approximate surface area is 98.8 Å². The fourth-order valence-electron chi connectivity index (χ4n) is 2.37. The van der Waals surface area contributed by atoms with E-state index in [9.17, 15) is 8.78 Å². The van der Waals surface area contributed by atoms with Crippen LogP contribution >= 0.6 is 0 Å². The molecular weight excluding hydrogens is 224 g/mol. The lowest BCUT2D eigenvalue weighted by molar-refractivity contribution is 0.277. The van der Waals surface area contributed by atoms with Crippen LogP contribution in [-0.2, 0) is 12.8 Å². The summed E-state index contributed by atoms with van der Waals surface area (Å²) in [5, 5.41) is 0. The van der Waals surface area contributed by atoms with Crippen LogP contribution in [0.25, 0.3) is 0 Å². The molecule has 92 valence electrons. The number of benzene rings is 1. The summed E-state index contributed by atoms with van der Waals surface area (Å²) in [5.41, 5.74) is 6.67. The SMILES string of the molecule is NC1(Cc2c(F)cc(F)c3c2OCCC3)CC1. The van der Waals surface area contributed by atoms with Gasteiger partial charge in [0.05, 0.1) is 6.61 Å². The molecule has 0 radical (unpaired) electrons. The summed E-state index contributed by atoms with van der Waals surface area (Å²) in [4.78, 5) is 0. The highest BCUT2D eigenvalue weighted by Gasteiger charge is 2.40. The summed E-state index contributed by atoms with van der Waals surface area (Å²) in [6.45, 7) is 0.528. The Morgan fingerprint density at radius 1 is 1.29 bits per heavy atom. The molecule has 1 aromatic carbocycles. The monoisotopic (exact) mass is 239 g/mol. The number of fused-ring (bicyclic) bond motifs is 1. The van der Waals surface area contributed by atoms with Crippen LogP contribution in [0.2, 0.25) is 0 Å². The Kier molecular flexibility index (Phi) is 2.36. The van der Waals surface area contributed by atoms with Crippen LogP contribution in [0.1, 0.15) is 30.4 Å². The standard InChI is InChI=1S/C13H15F2NO/c14-10-6-11(15)9(7-13(16)3-4-13)12-8(10)2-1-5-17-12/h6H,1-5,7,16H2. The molecule has 1 fully saturated rings. The summed E-state index contributed by atoms with van der Waals surface area (Å²) >= 11 is 0. The van der Waals surface area contributed by atoms with Crippen LogP contribution in [0.4, 0.5) is 8.78 Å². The van der Waals surface area contributed by atoms with Gasteiger partial charge in [-0.05, 0) is 32.1 Å². The molecule has 1 heterocycles. The van der Waals surface area contributed by atoms with E-state index in [4.69, 9.17) is 10.5 Å². The van der Waals surface area contributed by atoms with Gasteiger partial charge in [0.15, 0.2) is 0 Å². The van der Waals surface area contributed by atoms with E-state index in [2.05, 4.69) is 0 Å². The average molecular weight is 239 g/mol. The summed E-state index contributed by atoms with van der Waals surface area (Å²) in [6.07, 6.45) is 3.65. The number of nitrogens with two attached hydrogens (primary N) is 1. The van der Waals surface area contributed by atoms with Gasteiger partial charge in [0.2, 0.25) is 0 Å². The zero-order chi connectivity index (χ0) is 12.0. The number of rotatable bonds is 2. The third kappa shape index (κ3) is 1.90. The molecule has 0 bridgehead atoms. The minimum Gasteiger partial charge on any atom is -0.493 e. The Bertz CT molecular complexity index is 469. The molecule has 1 aromatic rings. The van der Waals surface area contributed by atoms with Gasteiger partial charge in [-0.3, -0.25) is 0 Å². The molecule has 0 saturated heterocycles. The van der Waals surface area contributed by atoms with Crippen LogP contribution in [0, 0.1) is 11.6 Å². The summed E-state index contributed by atoms with van der Waals surface area (Å²) in [5.74, 6) is -0.617. The van der Waals surface area contributed by atoms with Gasteiger partial charge in [-0.15, -0.1) is 0 Å². The second-order valence-corrected chi connectivity index (χ2v) is 5.12. The Hall–Kier alpha value is -1.16. The number of hydrogen-bond acceptors (Lipinski definition) is 2. The number of ether oxygens (including phenoxy) is 1. The van der Waals surface area contributed by atoms with E-state index >= 15 is 0 Å². The fraction of sp³-hybridized carbons (Fsp3) is 0.538. The van der Waals surface area contributed by atoms with Gasteiger partial charge in [-0.25, -0.2) is 8.78 Å². The van der Waals surface area contributed by atoms with E-state index in [-0.39, 0.29) is 5.54 Å². The van der Waals surface area contributed by atoms with Gasteiger partial charge in [0, 0.05) is 22.7 Å². The number of hydrogen-bond donors (Lipinski definition) is 1. The molecule has 0 aromatic heterocycles. The van der Waals surface area contributed by atoms with Gasteiger partial charge >= 0.3 is 0 Å². The molecule has 0 atom stereocenters. The van der Waals surface area contributed by atoms with Crippen molar-refractivity contribution in [3.8, 4) is 5.75 Å². The van der Waals surface area contributed by atoms with Crippen LogP contribution < -0.4 is 10.5 Å². The van der Waals surface area contributed by atoms with E-state index in [1.165, 1.54) is 0 Å². The molecule has 1 aliphatic heterocycles. The normalized spacial score (nSPS) is 20.6. The van der Waals surface area contributed by atoms with Crippen LogP contribution in [0.5, 0.6) is 5.75 Å². The van der Waals surface area contributed by atoms with Gasteiger partial charge in [0.25, 0.3) is 0 Å². The zero-order valence-corrected chi connectivity index (χ0v) is 9.56. The van der Waals surface area contributed by atoms with Crippen molar-refractivity contribution in [3.05, 3.63) is 28.8 Å². The molecule has 1 saturated carbocycles. The first-order valence-electron chi connectivity index (χ1n) is 6.00. The minimum atomic E-state index is -0.528. The molecule has 0 unspecified atom stereocenters. The van der Waals surface area contributed by atoms with Gasteiger partial charge in [-0.2, -0.15) is 0 Å². The third-order valence-electron chi connectivity index (χ3n) is 3.62. The highest BCUT2D eigenvalue weighted by Crippen LogP contribution is 2.41. The Morgan fingerprint density at radius 3 is 2.76 bits per heavy atom. The quantitative estimate of drug-likeness (QED) is 0.859. The molecule has 1 aliphatic carbocycles. The lowest BCUT2D eigenvalue weighted by Crippen LogP contribution is -2.26. The van der Waals surface area contributed by atoms with Crippen LogP contribution in [-0.4, -0.2) is 12.1 Å². The molecule has 0 spiro atoms. The van der Waals surface area contributed by atoms with E-state index in [1.54, 1.807) is 0 Å². The largest absolute Gasteiger partial charge is 0.493 e. The maximum atomic E-state index is 13.8. The second kappa shape index (κ2) is 3.67. The van der Waals surface area contributed by atoms with Gasteiger partial charge in [0.1, 0.15) is 17.4 Å². The smallest absolute Gasteiger partial charge is 0.133 e. The second-order valence-electron chi connectivity index (χ2n) is 5.12. The molecule has 3 rings (SSSR count). The Balaban J connectivity index is 2.06. The maximum Gasteiger partial charge on any atom is 0.133 e. The van der Waals surface area contributed by atoms with Crippen LogP contribution in [0.15, 0.2) is 6.07 Å². The predicted octanol–water partition coefficient (Wildman–Crippen LogP) is 2.32. The first-order chi connectivity index (χ1) is 8.09. The zero-order valence-electron chi connectivity index (χ0n) is 9.56. The van der Waals surface area contributed by atoms with Crippen molar-refractivity contribution in [3.63, 3.8) is 0 Å². The van der Waals surface area contributed by atoms with Crippen molar-refractivity contribution >= 4 is 0 Å². The van der Waals surface area contributed by atoms with Crippen LogP contribution in [0.3, 0.4) is 0 Å². The highest BCUT2D eigenvalue weighted by atomic mass is 19.1. The van der Waals surface area contributed by atoms with Crippen molar-refractivity contribution in [2.24, 2.45) is 5.73 Å². The minimum absolute atomic E-state index is 0.298. The topological polar surface area (TPSA) is 35.2 Å². The lowest BCUT2D eigenvalue weighted by Gasteiger charge is -2.22. The molecule has 2 aliphatic rings. The number of halogens is 2. The van der Waals surface area contributed by atoms with Crippen molar-refractivity contribution in [2.75, 3.05) is 6.61 Å². The van der Waals surface area contributed by atoms with Gasteiger partial charge < -0.3 is 10.5 Å². The summed E-state index contributed by atoms with van der Waals surface area (Å²) in [7, 11) is 0. The average Bonchev–Trinajstić information content (AvgIpc) is 3.03. The first kappa shape index (κ1) is 11.0. The predicted molar refractivity (Wildman–Crippen MR) is 60.0 cm³/mol. The summed E-state index contributed by atoms with van der Waals surface area (Å²) in [6, 6.07) is 0.967. The molecule has 4 heteroatoms. The molecule has 17 heavy (non-hydrogen) atoms.